The van der Waals surface area contributed by atoms with E-state index in [1.165, 1.54) is 12.1 Å². The number of carbonyl (C=O) groups is 3. The number of amides is 2. The average molecular weight is 395 g/mol. The fourth-order valence-electron chi connectivity index (χ4n) is 1.82. The van der Waals surface area contributed by atoms with Crippen molar-refractivity contribution in [3.8, 4) is 0 Å². The summed E-state index contributed by atoms with van der Waals surface area (Å²) in [5.41, 5.74) is 0.854. The standard InChI is InChI=1S/C16H15BrN2O5/c1-2-18-15(21)10-4-3-5-11(8-10)19-14(20)9-23-16(22)12-6-7-13(17)24-12/h3-8H,2,9H2,1H3,(H,18,21)(H,19,20). The third-order valence-corrected chi connectivity index (χ3v) is 3.28. The first-order valence-corrected chi connectivity index (χ1v) is 7.89. The molecule has 0 fully saturated rings. The highest BCUT2D eigenvalue weighted by molar-refractivity contribution is 9.10. The Hall–Kier alpha value is -2.61. The molecule has 2 N–H and O–H groups in total. The van der Waals surface area contributed by atoms with Crippen LogP contribution in [0, 0.1) is 0 Å². The third-order valence-electron chi connectivity index (χ3n) is 2.85. The number of benzene rings is 1. The van der Waals surface area contributed by atoms with Crippen LogP contribution in [0.3, 0.4) is 0 Å². The molecular formula is C16H15BrN2O5. The number of hydrogen-bond donors (Lipinski definition) is 2. The van der Waals surface area contributed by atoms with Gasteiger partial charge in [0.15, 0.2) is 11.3 Å². The number of furan rings is 1. The van der Waals surface area contributed by atoms with Gasteiger partial charge in [-0.3, -0.25) is 9.59 Å². The molecule has 0 aliphatic carbocycles. The van der Waals surface area contributed by atoms with Crippen LogP contribution in [0.5, 0.6) is 0 Å². The van der Waals surface area contributed by atoms with Crippen molar-refractivity contribution in [2.45, 2.75) is 6.92 Å². The van der Waals surface area contributed by atoms with Crippen molar-refractivity contribution < 1.29 is 23.5 Å². The maximum absolute atomic E-state index is 11.8. The second-order valence-electron chi connectivity index (χ2n) is 4.67. The summed E-state index contributed by atoms with van der Waals surface area (Å²) in [7, 11) is 0. The first-order valence-electron chi connectivity index (χ1n) is 7.10. The van der Waals surface area contributed by atoms with Crippen LogP contribution in [0.4, 0.5) is 5.69 Å². The van der Waals surface area contributed by atoms with E-state index in [0.29, 0.717) is 22.5 Å². The quantitative estimate of drug-likeness (QED) is 0.733. The Bertz CT molecular complexity index is 756. The summed E-state index contributed by atoms with van der Waals surface area (Å²) < 4.78 is 10.3. The van der Waals surface area contributed by atoms with Gasteiger partial charge in [-0.2, -0.15) is 0 Å². The number of hydrogen-bond acceptors (Lipinski definition) is 5. The lowest BCUT2D eigenvalue weighted by atomic mass is 10.2. The Morgan fingerprint density at radius 3 is 2.67 bits per heavy atom. The van der Waals surface area contributed by atoms with E-state index in [2.05, 4.69) is 26.6 Å². The van der Waals surface area contributed by atoms with E-state index in [-0.39, 0.29) is 11.7 Å². The molecule has 0 unspecified atom stereocenters. The first kappa shape index (κ1) is 17.7. The number of rotatable bonds is 6. The summed E-state index contributed by atoms with van der Waals surface area (Å²) >= 11 is 3.07. The topological polar surface area (TPSA) is 97.6 Å². The maximum Gasteiger partial charge on any atom is 0.374 e. The van der Waals surface area contributed by atoms with Crippen molar-refractivity contribution in [3.63, 3.8) is 0 Å². The molecule has 0 saturated carbocycles. The van der Waals surface area contributed by atoms with Crippen LogP contribution in [0.25, 0.3) is 0 Å². The van der Waals surface area contributed by atoms with E-state index in [1.54, 1.807) is 24.3 Å². The highest BCUT2D eigenvalue weighted by atomic mass is 79.9. The highest BCUT2D eigenvalue weighted by Gasteiger charge is 2.14. The van der Waals surface area contributed by atoms with Gasteiger partial charge in [-0.15, -0.1) is 0 Å². The van der Waals surface area contributed by atoms with E-state index in [0.717, 1.165) is 0 Å². The minimum absolute atomic E-state index is 0.00657. The zero-order chi connectivity index (χ0) is 17.5. The van der Waals surface area contributed by atoms with Crippen LogP contribution in [0.1, 0.15) is 27.8 Å². The van der Waals surface area contributed by atoms with Gasteiger partial charge in [-0.05, 0) is 53.2 Å². The van der Waals surface area contributed by atoms with Crippen molar-refractivity contribution in [2.75, 3.05) is 18.5 Å². The minimum atomic E-state index is -0.744. The molecule has 0 atom stereocenters. The lowest BCUT2D eigenvalue weighted by Crippen LogP contribution is -2.23. The van der Waals surface area contributed by atoms with Gasteiger partial charge in [0.2, 0.25) is 5.76 Å². The number of nitrogens with one attached hydrogen (secondary N) is 2. The Kier molecular flexibility index (Phi) is 6.14. The Morgan fingerprint density at radius 1 is 1.21 bits per heavy atom. The normalized spacial score (nSPS) is 10.1. The molecule has 0 saturated heterocycles. The third kappa shape index (κ3) is 4.95. The fraction of sp³-hybridized carbons (Fsp3) is 0.188. The van der Waals surface area contributed by atoms with Crippen LogP contribution in [0.15, 0.2) is 45.5 Å². The van der Waals surface area contributed by atoms with Gasteiger partial charge in [-0.1, -0.05) is 6.07 Å². The van der Waals surface area contributed by atoms with Crippen LogP contribution in [0.2, 0.25) is 0 Å². The predicted octanol–water partition coefficient (Wildman–Crippen LogP) is 2.59. The number of carbonyl (C=O) groups excluding carboxylic acids is 3. The lowest BCUT2D eigenvalue weighted by Gasteiger charge is -2.08. The summed E-state index contributed by atoms with van der Waals surface area (Å²) in [6, 6.07) is 9.42. The van der Waals surface area contributed by atoms with E-state index in [4.69, 9.17) is 9.15 Å². The molecule has 2 amide bonds. The lowest BCUT2D eigenvalue weighted by molar-refractivity contribution is -0.119. The smallest absolute Gasteiger partial charge is 0.374 e. The van der Waals surface area contributed by atoms with Gasteiger partial charge in [0, 0.05) is 17.8 Å². The second-order valence-corrected chi connectivity index (χ2v) is 5.45. The molecule has 0 bridgehead atoms. The molecule has 0 spiro atoms. The molecular weight excluding hydrogens is 380 g/mol. The fourth-order valence-corrected chi connectivity index (χ4v) is 2.13. The van der Waals surface area contributed by atoms with Crippen molar-refractivity contribution in [1.29, 1.82) is 0 Å². The first-order chi connectivity index (χ1) is 11.5. The summed E-state index contributed by atoms with van der Waals surface area (Å²) in [6.45, 7) is 1.85. The number of ether oxygens (including phenoxy) is 1. The molecule has 8 heteroatoms. The summed E-state index contributed by atoms with van der Waals surface area (Å²) in [5, 5.41) is 5.22. The molecule has 0 aliphatic rings. The summed E-state index contributed by atoms with van der Waals surface area (Å²) in [6.07, 6.45) is 0. The van der Waals surface area contributed by atoms with E-state index in [9.17, 15) is 14.4 Å². The molecule has 1 aromatic heterocycles. The molecule has 2 aromatic rings. The van der Waals surface area contributed by atoms with Crippen molar-refractivity contribution in [1.82, 2.24) is 5.32 Å². The highest BCUT2D eigenvalue weighted by Crippen LogP contribution is 2.15. The van der Waals surface area contributed by atoms with Gasteiger partial charge < -0.3 is 19.8 Å². The van der Waals surface area contributed by atoms with Gasteiger partial charge in [0.1, 0.15) is 0 Å². The average Bonchev–Trinajstić information content (AvgIpc) is 3.00. The van der Waals surface area contributed by atoms with E-state index < -0.39 is 18.5 Å². The minimum Gasteiger partial charge on any atom is -0.450 e. The summed E-state index contributed by atoms with van der Waals surface area (Å²) in [4.78, 5) is 35.2. The Morgan fingerprint density at radius 2 is 2.00 bits per heavy atom. The van der Waals surface area contributed by atoms with E-state index >= 15 is 0 Å². The number of esters is 1. The monoisotopic (exact) mass is 394 g/mol. The van der Waals surface area contributed by atoms with Crippen LogP contribution < -0.4 is 10.6 Å². The maximum atomic E-state index is 11.8. The van der Waals surface area contributed by atoms with Crippen LogP contribution in [-0.4, -0.2) is 30.9 Å². The zero-order valence-electron chi connectivity index (χ0n) is 12.8. The van der Waals surface area contributed by atoms with Crippen LogP contribution in [-0.2, 0) is 9.53 Å². The molecule has 1 heterocycles. The van der Waals surface area contributed by atoms with Gasteiger partial charge in [0.05, 0.1) is 0 Å². The SMILES string of the molecule is CCNC(=O)c1cccc(NC(=O)COC(=O)c2ccc(Br)o2)c1. The predicted molar refractivity (Wildman–Crippen MR) is 89.8 cm³/mol. The van der Waals surface area contributed by atoms with Crippen molar-refractivity contribution in [3.05, 3.63) is 52.4 Å². The molecule has 24 heavy (non-hydrogen) atoms. The largest absolute Gasteiger partial charge is 0.450 e. The van der Waals surface area contributed by atoms with Gasteiger partial charge in [-0.25, -0.2) is 4.79 Å². The second kappa shape index (κ2) is 8.30. The molecule has 0 radical (unpaired) electrons. The van der Waals surface area contributed by atoms with Crippen LogP contribution >= 0.6 is 15.9 Å². The molecule has 1 aromatic carbocycles. The van der Waals surface area contributed by atoms with Gasteiger partial charge >= 0.3 is 5.97 Å². The molecule has 7 nitrogen and oxygen atoms in total. The van der Waals surface area contributed by atoms with E-state index in [1.807, 2.05) is 6.92 Å². The zero-order valence-corrected chi connectivity index (χ0v) is 14.4. The Balaban J connectivity index is 1.89. The summed E-state index contributed by atoms with van der Waals surface area (Å²) in [5.74, 6) is -1.51. The molecule has 126 valence electrons. The van der Waals surface area contributed by atoms with Crippen molar-refractivity contribution >= 4 is 39.4 Å². The van der Waals surface area contributed by atoms with Gasteiger partial charge in [0.25, 0.3) is 11.8 Å². The van der Waals surface area contributed by atoms with Crippen molar-refractivity contribution in [2.24, 2.45) is 0 Å². The number of anilines is 1. The number of halogens is 1. The molecule has 2 rings (SSSR count). The Labute approximate surface area is 146 Å². The molecule has 0 aliphatic heterocycles.